The Morgan fingerprint density at radius 3 is 2.63 bits per heavy atom. The van der Waals surface area contributed by atoms with Crippen molar-refractivity contribution in [1.29, 1.82) is 0 Å². The van der Waals surface area contributed by atoms with E-state index in [1.165, 1.54) is 0 Å². The zero-order valence-electron chi connectivity index (χ0n) is 11.4. The lowest BCUT2D eigenvalue weighted by Gasteiger charge is -2.18. The minimum absolute atomic E-state index is 0.169. The first-order valence-corrected chi connectivity index (χ1v) is 6.15. The summed E-state index contributed by atoms with van der Waals surface area (Å²) in [6.07, 6.45) is 4.11. The van der Waals surface area contributed by atoms with Crippen molar-refractivity contribution in [3.05, 3.63) is 18.2 Å². The van der Waals surface area contributed by atoms with E-state index in [4.69, 9.17) is 5.11 Å². The van der Waals surface area contributed by atoms with Crippen molar-refractivity contribution >= 4 is 12.0 Å². The van der Waals surface area contributed by atoms with Gasteiger partial charge in [-0.1, -0.05) is 13.8 Å². The Morgan fingerprint density at radius 2 is 2.16 bits per heavy atom. The molecule has 0 saturated heterocycles. The number of urea groups is 1. The number of carbonyl (C=O) groups excluding carboxylic acids is 1. The summed E-state index contributed by atoms with van der Waals surface area (Å²) < 4.78 is 1.87. The van der Waals surface area contributed by atoms with E-state index in [9.17, 15) is 9.59 Å². The maximum Gasteiger partial charge on any atom is 0.326 e. The first-order valence-electron chi connectivity index (χ1n) is 6.15. The van der Waals surface area contributed by atoms with Crippen molar-refractivity contribution in [2.24, 2.45) is 13.0 Å². The Hall–Kier alpha value is -2.05. The van der Waals surface area contributed by atoms with Gasteiger partial charge in [-0.25, -0.2) is 14.6 Å². The number of aliphatic carboxylic acids is 1. The van der Waals surface area contributed by atoms with Crippen molar-refractivity contribution in [2.45, 2.75) is 26.3 Å². The van der Waals surface area contributed by atoms with Gasteiger partial charge in [0, 0.05) is 32.4 Å². The number of amides is 2. The van der Waals surface area contributed by atoms with Gasteiger partial charge in [0.2, 0.25) is 0 Å². The first-order chi connectivity index (χ1) is 8.91. The van der Waals surface area contributed by atoms with E-state index in [0.717, 1.165) is 5.82 Å². The maximum atomic E-state index is 11.6. The number of aryl methyl sites for hydroxylation is 1. The van der Waals surface area contributed by atoms with Gasteiger partial charge in [0.15, 0.2) is 0 Å². The highest BCUT2D eigenvalue weighted by molar-refractivity contribution is 5.82. The van der Waals surface area contributed by atoms with E-state index >= 15 is 0 Å². The van der Waals surface area contributed by atoms with Gasteiger partial charge in [0.25, 0.3) is 0 Å². The number of rotatable bonds is 6. The largest absolute Gasteiger partial charge is 0.480 e. The molecule has 2 amide bonds. The predicted octanol–water partition coefficient (Wildman–Crippen LogP) is 0.371. The predicted molar refractivity (Wildman–Crippen MR) is 69.7 cm³/mol. The Morgan fingerprint density at radius 1 is 1.47 bits per heavy atom. The van der Waals surface area contributed by atoms with Crippen molar-refractivity contribution in [1.82, 2.24) is 20.2 Å². The molecule has 1 aromatic rings. The number of imidazole rings is 1. The second kappa shape index (κ2) is 6.77. The molecule has 0 unspecified atom stereocenters. The van der Waals surface area contributed by atoms with Crippen LogP contribution in [0.2, 0.25) is 0 Å². The minimum Gasteiger partial charge on any atom is -0.480 e. The van der Waals surface area contributed by atoms with Gasteiger partial charge in [-0.05, 0) is 5.92 Å². The monoisotopic (exact) mass is 268 g/mol. The molecule has 7 heteroatoms. The number of carboxylic acid groups (broad SMARTS) is 1. The van der Waals surface area contributed by atoms with Crippen LogP contribution in [-0.2, 0) is 18.3 Å². The molecule has 0 saturated carbocycles. The van der Waals surface area contributed by atoms with Crippen LogP contribution in [0.4, 0.5) is 4.79 Å². The van der Waals surface area contributed by atoms with Gasteiger partial charge >= 0.3 is 12.0 Å². The standard InChI is InChI=1S/C12H20N4O3/c1-8(2)10(11(17)18)15-12(19)14-5-4-9-13-6-7-16(9)3/h6-8,10H,4-5H2,1-3H3,(H,17,18)(H2,14,15,19)/t10-/m1/s1. The third-order valence-electron chi connectivity index (χ3n) is 2.77. The number of nitrogens with zero attached hydrogens (tertiary/aromatic N) is 2. The van der Waals surface area contributed by atoms with Crippen LogP contribution in [0, 0.1) is 5.92 Å². The van der Waals surface area contributed by atoms with Crippen LogP contribution in [0.25, 0.3) is 0 Å². The normalized spacial score (nSPS) is 12.2. The highest BCUT2D eigenvalue weighted by atomic mass is 16.4. The van der Waals surface area contributed by atoms with Gasteiger partial charge in [-0.2, -0.15) is 0 Å². The molecule has 19 heavy (non-hydrogen) atoms. The van der Waals surface area contributed by atoms with Gasteiger partial charge in [-0.3, -0.25) is 0 Å². The number of hydrogen-bond acceptors (Lipinski definition) is 3. The molecule has 7 nitrogen and oxygen atoms in total. The van der Waals surface area contributed by atoms with Gasteiger partial charge in [-0.15, -0.1) is 0 Å². The molecule has 0 aliphatic carbocycles. The summed E-state index contributed by atoms with van der Waals surface area (Å²) in [5, 5.41) is 14.0. The lowest BCUT2D eigenvalue weighted by molar-refractivity contribution is -0.140. The Balaban J connectivity index is 2.35. The molecule has 0 spiro atoms. The van der Waals surface area contributed by atoms with Crippen molar-refractivity contribution in [3.63, 3.8) is 0 Å². The SMILES string of the molecule is CC(C)[C@@H](NC(=O)NCCc1nccn1C)C(=O)O. The maximum absolute atomic E-state index is 11.6. The van der Waals surface area contributed by atoms with Crippen molar-refractivity contribution in [2.75, 3.05) is 6.54 Å². The summed E-state index contributed by atoms with van der Waals surface area (Å²) >= 11 is 0. The Labute approximate surface area is 112 Å². The highest BCUT2D eigenvalue weighted by Crippen LogP contribution is 2.01. The average molecular weight is 268 g/mol. The number of hydrogen-bond donors (Lipinski definition) is 3. The molecule has 106 valence electrons. The summed E-state index contributed by atoms with van der Waals surface area (Å²) in [7, 11) is 1.88. The van der Waals surface area contributed by atoms with E-state index in [0.29, 0.717) is 13.0 Å². The van der Waals surface area contributed by atoms with E-state index < -0.39 is 18.0 Å². The molecule has 1 heterocycles. The molecule has 1 aromatic heterocycles. The molecular weight excluding hydrogens is 248 g/mol. The van der Waals surface area contributed by atoms with E-state index in [1.54, 1.807) is 20.0 Å². The van der Waals surface area contributed by atoms with Crippen LogP contribution < -0.4 is 10.6 Å². The zero-order chi connectivity index (χ0) is 14.4. The number of carbonyl (C=O) groups is 2. The molecule has 0 aliphatic rings. The smallest absolute Gasteiger partial charge is 0.326 e. The fraction of sp³-hybridized carbons (Fsp3) is 0.583. The summed E-state index contributed by atoms with van der Waals surface area (Å²) in [5.41, 5.74) is 0. The number of carboxylic acids is 1. The van der Waals surface area contributed by atoms with Gasteiger partial charge in [0.05, 0.1) is 0 Å². The van der Waals surface area contributed by atoms with E-state index in [2.05, 4.69) is 15.6 Å². The summed E-state index contributed by atoms with van der Waals surface area (Å²) in [5.74, 6) is -0.342. The van der Waals surface area contributed by atoms with Crippen LogP contribution in [-0.4, -0.2) is 39.2 Å². The Bertz CT molecular complexity index is 442. The van der Waals surface area contributed by atoms with Gasteiger partial charge < -0.3 is 20.3 Å². The molecule has 0 aliphatic heterocycles. The van der Waals surface area contributed by atoms with E-state index in [-0.39, 0.29) is 5.92 Å². The molecule has 3 N–H and O–H groups in total. The molecular formula is C12H20N4O3. The third-order valence-corrected chi connectivity index (χ3v) is 2.77. The molecule has 0 fully saturated rings. The van der Waals surface area contributed by atoms with Crippen LogP contribution >= 0.6 is 0 Å². The second-order valence-corrected chi connectivity index (χ2v) is 4.66. The molecule has 1 rings (SSSR count). The van der Waals surface area contributed by atoms with Crippen molar-refractivity contribution in [3.8, 4) is 0 Å². The summed E-state index contributed by atoms with van der Waals surface area (Å²) in [4.78, 5) is 26.6. The topological polar surface area (TPSA) is 96.3 Å². The number of nitrogens with one attached hydrogen (secondary N) is 2. The van der Waals surface area contributed by atoms with Crippen LogP contribution in [0.15, 0.2) is 12.4 Å². The molecule has 0 aromatic carbocycles. The lowest BCUT2D eigenvalue weighted by atomic mass is 10.1. The Kier molecular flexibility index (Phi) is 5.35. The summed E-state index contributed by atoms with van der Waals surface area (Å²) in [6.45, 7) is 3.89. The molecule has 0 bridgehead atoms. The number of aromatic nitrogens is 2. The highest BCUT2D eigenvalue weighted by Gasteiger charge is 2.23. The van der Waals surface area contributed by atoms with Crippen LogP contribution in [0.5, 0.6) is 0 Å². The molecule has 0 radical (unpaired) electrons. The summed E-state index contributed by atoms with van der Waals surface area (Å²) in [6, 6.07) is -1.36. The van der Waals surface area contributed by atoms with E-state index in [1.807, 2.05) is 17.8 Å². The van der Waals surface area contributed by atoms with Gasteiger partial charge in [0.1, 0.15) is 11.9 Å². The van der Waals surface area contributed by atoms with Crippen LogP contribution in [0.1, 0.15) is 19.7 Å². The lowest BCUT2D eigenvalue weighted by Crippen LogP contribution is -2.49. The quantitative estimate of drug-likeness (QED) is 0.694. The fourth-order valence-corrected chi connectivity index (χ4v) is 1.63. The second-order valence-electron chi connectivity index (χ2n) is 4.66. The zero-order valence-corrected chi connectivity index (χ0v) is 11.4. The fourth-order valence-electron chi connectivity index (χ4n) is 1.63. The third kappa shape index (κ3) is 4.61. The van der Waals surface area contributed by atoms with Crippen LogP contribution in [0.3, 0.4) is 0 Å². The minimum atomic E-state index is -1.03. The molecule has 1 atom stereocenters. The average Bonchev–Trinajstić information content (AvgIpc) is 2.71. The van der Waals surface area contributed by atoms with Crippen molar-refractivity contribution < 1.29 is 14.7 Å². The first kappa shape index (κ1) is 15.0.